The number of aryl methyl sites for hydroxylation is 2. The average molecular weight is 658 g/mol. The molecule has 44 heavy (non-hydrogen) atoms. The molecule has 3 aromatic carbocycles. The summed E-state index contributed by atoms with van der Waals surface area (Å²) >= 11 is 6.63. The second-order valence-corrected chi connectivity index (χ2v) is 15.9. The highest BCUT2D eigenvalue weighted by Gasteiger charge is 2.57. The number of hydrogen-bond acceptors (Lipinski definition) is 8. The van der Waals surface area contributed by atoms with Gasteiger partial charge < -0.3 is 9.64 Å². The molecular formula is C32H32ClNO8S2. The van der Waals surface area contributed by atoms with Crippen LogP contribution < -0.4 is 0 Å². The van der Waals surface area contributed by atoms with E-state index >= 15 is 0 Å². The van der Waals surface area contributed by atoms with Gasteiger partial charge in [-0.05, 0) is 72.0 Å². The van der Waals surface area contributed by atoms with Crippen molar-refractivity contribution in [2.75, 3.05) is 25.6 Å². The summed E-state index contributed by atoms with van der Waals surface area (Å²) < 4.78 is 53.2. The van der Waals surface area contributed by atoms with Crippen LogP contribution in [0.2, 0.25) is 5.02 Å². The van der Waals surface area contributed by atoms with Gasteiger partial charge in [-0.25, -0.2) is 16.8 Å². The van der Waals surface area contributed by atoms with Crippen LogP contribution in [0, 0.1) is 6.92 Å². The van der Waals surface area contributed by atoms with Crippen molar-refractivity contribution in [3.05, 3.63) is 82.4 Å². The van der Waals surface area contributed by atoms with Crippen LogP contribution in [0.5, 0.6) is 0 Å². The second kappa shape index (κ2) is 11.8. The number of halogens is 1. The van der Waals surface area contributed by atoms with Crippen molar-refractivity contribution in [1.29, 1.82) is 0 Å². The number of nitrogens with zero attached hydrogens (tertiary/aromatic N) is 1. The van der Waals surface area contributed by atoms with Gasteiger partial charge in [0.25, 0.3) is 0 Å². The number of piperidine rings is 1. The number of amides is 1. The van der Waals surface area contributed by atoms with Crippen molar-refractivity contribution in [2.24, 2.45) is 0 Å². The van der Waals surface area contributed by atoms with Crippen molar-refractivity contribution < 1.29 is 36.0 Å². The zero-order chi connectivity index (χ0) is 32.0. The molecule has 1 atom stereocenters. The van der Waals surface area contributed by atoms with Crippen molar-refractivity contribution >= 4 is 48.9 Å². The lowest BCUT2D eigenvalue weighted by Gasteiger charge is -2.37. The van der Waals surface area contributed by atoms with Crippen LogP contribution in [-0.4, -0.2) is 70.6 Å². The Morgan fingerprint density at radius 3 is 2.18 bits per heavy atom. The number of ketones is 1. The molecule has 9 nitrogen and oxygen atoms in total. The Labute approximate surface area is 262 Å². The molecule has 1 unspecified atom stereocenters. The van der Waals surface area contributed by atoms with Gasteiger partial charge >= 0.3 is 5.97 Å². The Balaban J connectivity index is 1.26. The number of ether oxygens (including phenoxy) is 1. The molecule has 2 heterocycles. The zero-order valence-corrected chi connectivity index (χ0v) is 26.9. The minimum atomic E-state index is -3.43. The van der Waals surface area contributed by atoms with Gasteiger partial charge in [-0.15, -0.1) is 0 Å². The van der Waals surface area contributed by atoms with E-state index in [0.717, 1.165) is 18.1 Å². The molecule has 2 fully saturated rings. The zero-order valence-electron chi connectivity index (χ0n) is 24.5. The summed E-state index contributed by atoms with van der Waals surface area (Å²) in [5.74, 6) is -2.26. The Morgan fingerprint density at radius 1 is 0.932 bits per heavy atom. The van der Waals surface area contributed by atoms with Crippen molar-refractivity contribution in [2.45, 2.75) is 53.9 Å². The number of likely N-dealkylation sites (tertiary alicyclic amines) is 1. The van der Waals surface area contributed by atoms with E-state index in [1.807, 2.05) is 0 Å². The van der Waals surface area contributed by atoms with Crippen LogP contribution in [0.25, 0.3) is 11.1 Å². The fourth-order valence-corrected chi connectivity index (χ4v) is 7.42. The molecule has 1 spiro atoms. The fraction of sp³-hybridized carbons (Fsp3) is 0.344. The molecule has 232 valence electrons. The summed E-state index contributed by atoms with van der Waals surface area (Å²) in [6, 6.07) is 16.1. The number of hydrogen-bond donors (Lipinski definition) is 0. The standard InChI is InChI=1S/C32H32ClNO8S2/c1-20-17-26(22-5-4-6-24(18-22)44(3,40)41)27(33)19-25(20)29-30(36)32(42-31(29)37)13-15-34(16-14-32)28(35)12-9-21-7-10-23(11-8-21)43(2,38)39/h4-8,10-11,17-19,29H,9,12-16H2,1-3H3. The molecular weight excluding hydrogens is 626 g/mol. The molecule has 0 radical (unpaired) electrons. The van der Waals surface area contributed by atoms with E-state index in [-0.39, 0.29) is 58.9 Å². The third kappa shape index (κ3) is 6.31. The van der Waals surface area contributed by atoms with Gasteiger partial charge in [0.1, 0.15) is 5.92 Å². The van der Waals surface area contributed by atoms with Gasteiger partial charge in [-0.1, -0.05) is 35.9 Å². The quantitative estimate of drug-likeness (QED) is 0.271. The normalized spacial score (nSPS) is 18.5. The molecule has 5 rings (SSSR count). The summed E-state index contributed by atoms with van der Waals surface area (Å²) in [5, 5.41) is 0.268. The maximum Gasteiger partial charge on any atom is 0.322 e. The van der Waals surface area contributed by atoms with Crippen LogP contribution in [-0.2, 0) is 45.2 Å². The summed E-state index contributed by atoms with van der Waals surface area (Å²) in [7, 11) is -6.73. The van der Waals surface area contributed by atoms with Gasteiger partial charge in [-0.3, -0.25) is 14.4 Å². The first kappa shape index (κ1) is 31.9. The Hall–Kier alpha value is -3.54. The number of Topliss-reactive ketones (excluding diaryl/α,β-unsaturated/α-hetero) is 1. The molecule has 1 amide bonds. The molecule has 0 aromatic heterocycles. The molecule has 0 bridgehead atoms. The Kier molecular flexibility index (Phi) is 8.52. The highest BCUT2D eigenvalue weighted by atomic mass is 35.5. The smallest absolute Gasteiger partial charge is 0.322 e. The molecule has 0 N–H and O–H groups in total. The summed E-state index contributed by atoms with van der Waals surface area (Å²) in [6.07, 6.45) is 3.30. The topological polar surface area (TPSA) is 132 Å². The van der Waals surface area contributed by atoms with E-state index in [1.165, 1.54) is 24.3 Å². The molecule has 12 heteroatoms. The van der Waals surface area contributed by atoms with Crippen molar-refractivity contribution in [3.8, 4) is 11.1 Å². The molecule has 2 saturated heterocycles. The fourth-order valence-electron chi connectivity index (χ4n) is 5.84. The average Bonchev–Trinajstić information content (AvgIpc) is 3.20. The molecule has 2 aliphatic heterocycles. The molecule has 2 aliphatic rings. The molecule has 0 saturated carbocycles. The van der Waals surface area contributed by atoms with E-state index in [4.69, 9.17) is 16.3 Å². The third-order valence-electron chi connectivity index (χ3n) is 8.39. The van der Waals surface area contributed by atoms with E-state index in [2.05, 4.69) is 0 Å². The minimum absolute atomic E-state index is 0.0986. The van der Waals surface area contributed by atoms with E-state index in [0.29, 0.717) is 28.7 Å². The lowest BCUT2D eigenvalue weighted by atomic mass is 9.80. The Morgan fingerprint density at radius 2 is 1.57 bits per heavy atom. The van der Waals surface area contributed by atoms with Crippen LogP contribution in [0.3, 0.4) is 0 Å². The number of esters is 1. The predicted molar refractivity (Wildman–Crippen MR) is 165 cm³/mol. The number of carbonyl (C=O) groups is 3. The van der Waals surface area contributed by atoms with Gasteiger partial charge in [0.15, 0.2) is 31.1 Å². The first-order valence-corrected chi connectivity index (χ1v) is 18.2. The first-order valence-electron chi connectivity index (χ1n) is 14.0. The lowest BCUT2D eigenvalue weighted by molar-refractivity contribution is -0.158. The summed E-state index contributed by atoms with van der Waals surface area (Å²) in [6.45, 7) is 2.27. The maximum atomic E-state index is 13.8. The molecule has 0 aliphatic carbocycles. The SMILES string of the molecule is Cc1cc(-c2cccc(S(C)(=O)=O)c2)c(Cl)cc1C1C(=O)OC2(CCN(C(=O)CCc3ccc(S(C)(=O)=O)cc3)CC2)C1=O. The van der Waals surface area contributed by atoms with Gasteiger partial charge in [-0.2, -0.15) is 0 Å². The van der Waals surface area contributed by atoms with Crippen LogP contribution >= 0.6 is 11.6 Å². The van der Waals surface area contributed by atoms with Crippen LogP contribution in [0.1, 0.15) is 41.9 Å². The van der Waals surface area contributed by atoms with Gasteiger partial charge in [0.05, 0.1) is 9.79 Å². The number of carbonyl (C=O) groups excluding carboxylic acids is 3. The third-order valence-corrected chi connectivity index (χ3v) is 10.9. The number of rotatable bonds is 7. The van der Waals surface area contributed by atoms with Crippen LogP contribution in [0.15, 0.2) is 70.5 Å². The predicted octanol–water partition coefficient (Wildman–Crippen LogP) is 4.33. The second-order valence-electron chi connectivity index (χ2n) is 11.5. The highest BCUT2D eigenvalue weighted by Crippen LogP contribution is 2.43. The van der Waals surface area contributed by atoms with Crippen molar-refractivity contribution in [3.63, 3.8) is 0 Å². The first-order chi connectivity index (χ1) is 20.6. The number of sulfone groups is 2. The van der Waals surface area contributed by atoms with Gasteiger partial charge in [0, 0.05) is 55.4 Å². The van der Waals surface area contributed by atoms with Crippen LogP contribution in [0.4, 0.5) is 0 Å². The highest BCUT2D eigenvalue weighted by molar-refractivity contribution is 7.91. The lowest BCUT2D eigenvalue weighted by Crippen LogP contribution is -2.50. The van der Waals surface area contributed by atoms with Crippen molar-refractivity contribution in [1.82, 2.24) is 4.90 Å². The minimum Gasteiger partial charge on any atom is -0.450 e. The largest absolute Gasteiger partial charge is 0.450 e. The Bertz CT molecular complexity index is 1880. The number of benzene rings is 3. The van der Waals surface area contributed by atoms with E-state index in [1.54, 1.807) is 48.2 Å². The monoisotopic (exact) mass is 657 g/mol. The van der Waals surface area contributed by atoms with E-state index in [9.17, 15) is 31.2 Å². The summed E-state index contributed by atoms with van der Waals surface area (Å²) in [5.41, 5.74) is 1.76. The maximum absolute atomic E-state index is 13.8. The van der Waals surface area contributed by atoms with Gasteiger partial charge in [0.2, 0.25) is 5.91 Å². The van der Waals surface area contributed by atoms with E-state index < -0.39 is 37.2 Å². The molecule has 3 aromatic rings. The summed E-state index contributed by atoms with van der Waals surface area (Å²) in [4.78, 5) is 41.8.